The molecule has 1 aliphatic heterocycles. The van der Waals surface area contributed by atoms with E-state index in [1.807, 2.05) is 0 Å². The maximum atomic E-state index is 11.8. The lowest BCUT2D eigenvalue weighted by atomic mass is 10.0. The fraction of sp³-hybridized carbons (Fsp3) is 0.455. The van der Waals surface area contributed by atoms with Crippen molar-refractivity contribution < 1.29 is 23.1 Å². The lowest BCUT2D eigenvalue weighted by Gasteiger charge is -2.36. The SMILES string of the molecule is O=C(O)C1CN(C(=O)CCNS(=O)(=O)c2cccs2)C1. The van der Waals surface area contributed by atoms with Gasteiger partial charge in [0, 0.05) is 26.1 Å². The van der Waals surface area contributed by atoms with Crippen LogP contribution in [0.3, 0.4) is 0 Å². The number of nitrogens with zero attached hydrogens (tertiary/aromatic N) is 1. The van der Waals surface area contributed by atoms with Crippen LogP contribution in [0.2, 0.25) is 0 Å². The number of aliphatic carboxylic acids is 1. The largest absolute Gasteiger partial charge is 0.481 e. The summed E-state index contributed by atoms with van der Waals surface area (Å²) in [6, 6.07) is 3.12. The zero-order valence-electron chi connectivity index (χ0n) is 10.5. The lowest BCUT2D eigenvalue weighted by Crippen LogP contribution is -2.53. The Morgan fingerprint density at radius 2 is 2.15 bits per heavy atom. The van der Waals surface area contributed by atoms with E-state index in [4.69, 9.17) is 5.11 Å². The van der Waals surface area contributed by atoms with Gasteiger partial charge in [-0.25, -0.2) is 13.1 Å². The molecule has 2 rings (SSSR count). The number of carbonyl (C=O) groups is 2. The molecule has 7 nitrogen and oxygen atoms in total. The number of nitrogens with one attached hydrogen (secondary N) is 1. The van der Waals surface area contributed by atoms with E-state index in [0.29, 0.717) is 0 Å². The number of hydrogen-bond acceptors (Lipinski definition) is 5. The smallest absolute Gasteiger partial charge is 0.310 e. The van der Waals surface area contributed by atoms with Gasteiger partial charge in [0.2, 0.25) is 15.9 Å². The van der Waals surface area contributed by atoms with Gasteiger partial charge in [-0.2, -0.15) is 0 Å². The Morgan fingerprint density at radius 3 is 2.70 bits per heavy atom. The minimum absolute atomic E-state index is 0.00725. The van der Waals surface area contributed by atoms with Gasteiger partial charge in [0.15, 0.2) is 0 Å². The average Bonchev–Trinajstić information content (AvgIpc) is 2.79. The number of hydrogen-bond donors (Lipinski definition) is 2. The summed E-state index contributed by atoms with van der Waals surface area (Å²) >= 11 is 1.10. The Morgan fingerprint density at radius 1 is 1.45 bits per heavy atom. The number of thiophene rings is 1. The normalized spacial score (nSPS) is 15.9. The lowest BCUT2D eigenvalue weighted by molar-refractivity contribution is -0.152. The zero-order valence-corrected chi connectivity index (χ0v) is 12.1. The predicted molar refractivity (Wildman–Crippen MR) is 71.8 cm³/mol. The molecule has 0 saturated carbocycles. The summed E-state index contributed by atoms with van der Waals surface area (Å²) < 4.78 is 26.1. The molecule has 20 heavy (non-hydrogen) atoms. The summed E-state index contributed by atoms with van der Waals surface area (Å²) in [7, 11) is -3.55. The van der Waals surface area contributed by atoms with E-state index in [1.165, 1.54) is 11.0 Å². The molecule has 0 unspecified atom stereocenters. The minimum atomic E-state index is -3.55. The van der Waals surface area contributed by atoms with Gasteiger partial charge >= 0.3 is 5.97 Å². The van der Waals surface area contributed by atoms with Crippen LogP contribution in [-0.2, 0) is 19.6 Å². The van der Waals surface area contributed by atoms with Crippen LogP contribution < -0.4 is 4.72 Å². The third kappa shape index (κ3) is 3.35. The van der Waals surface area contributed by atoms with E-state index in [9.17, 15) is 18.0 Å². The molecule has 1 amide bonds. The quantitative estimate of drug-likeness (QED) is 0.766. The Kier molecular flexibility index (Phi) is 4.41. The molecule has 1 aliphatic rings. The van der Waals surface area contributed by atoms with Crippen LogP contribution in [0.25, 0.3) is 0 Å². The van der Waals surface area contributed by atoms with Gasteiger partial charge in [-0.05, 0) is 11.4 Å². The maximum absolute atomic E-state index is 11.8. The minimum Gasteiger partial charge on any atom is -0.481 e. The number of carbonyl (C=O) groups excluding carboxylic acids is 1. The summed E-state index contributed by atoms with van der Waals surface area (Å²) in [5.41, 5.74) is 0. The highest BCUT2D eigenvalue weighted by molar-refractivity contribution is 7.91. The highest BCUT2D eigenvalue weighted by atomic mass is 32.2. The molecular weight excluding hydrogens is 304 g/mol. The second-order valence-corrected chi connectivity index (χ2v) is 7.36. The van der Waals surface area contributed by atoms with Gasteiger partial charge < -0.3 is 10.0 Å². The zero-order chi connectivity index (χ0) is 14.8. The van der Waals surface area contributed by atoms with E-state index < -0.39 is 21.9 Å². The summed E-state index contributed by atoms with van der Waals surface area (Å²) in [4.78, 5) is 23.7. The molecule has 1 aromatic rings. The van der Waals surface area contributed by atoms with Crippen LogP contribution in [0, 0.1) is 5.92 Å². The molecule has 0 spiro atoms. The topological polar surface area (TPSA) is 104 Å². The van der Waals surface area contributed by atoms with Gasteiger partial charge in [-0.1, -0.05) is 6.07 Å². The standard InChI is InChI=1S/C11H14N2O5S2/c14-9(13-6-8(7-13)11(15)16)3-4-12-20(17,18)10-2-1-5-19-10/h1-2,5,8,12H,3-4,6-7H2,(H,15,16). The Labute approximate surface area is 120 Å². The Balaban J connectivity index is 1.74. The van der Waals surface area contributed by atoms with Crippen LogP contribution in [0.5, 0.6) is 0 Å². The molecule has 0 bridgehead atoms. The highest BCUT2D eigenvalue weighted by Gasteiger charge is 2.35. The summed E-state index contributed by atoms with van der Waals surface area (Å²) in [6.07, 6.45) is 0.0247. The van der Waals surface area contributed by atoms with Crippen molar-refractivity contribution in [1.82, 2.24) is 9.62 Å². The van der Waals surface area contributed by atoms with Crippen molar-refractivity contribution in [2.75, 3.05) is 19.6 Å². The molecule has 1 fully saturated rings. The first kappa shape index (κ1) is 14.9. The molecule has 110 valence electrons. The van der Waals surface area contributed by atoms with E-state index in [2.05, 4.69) is 4.72 Å². The molecule has 0 aliphatic carbocycles. The van der Waals surface area contributed by atoms with Gasteiger partial charge in [0.25, 0.3) is 0 Å². The van der Waals surface area contributed by atoms with Gasteiger partial charge in [0.1, 0.15) is 4.21 Å². The number of sulfonamides is 1. The van der Waals surface area contributed by atoms with E-state index in [1.54, 1.807) is 11.4 Å². The second kappa shape index (κ2) is 5.90. The molecule has 9 heteroatoms. The molecule has 1 saturated heterocycles. The van der Waals surface area contributed by atoms with Crippen molar-refractivity contribution in [3.8, 4) is 0 Å². The van der Waals surface area contributed by atoms with Crippen molar-refractivity contribution in [1.29, 1.82) is 0 Å². The Bertz CT molecular complexity index is 590. The maximum Gasteiger partial charge on any atom is 0.310 e. The van der Waals surface area contributed by atoms with Crippen LogP contribution in [-0.4, -0.2) is 49.9 Å². The van der Waals surface area contributed by atoms with Gasteiger partial charge in [-0.3, -0.25) is 9.59 Å². The summed E-state index contributed by atoms with van der Waals surface area (Å²) in [5.74, 6) is -1.65. The van der Waals surface area contributed by atoms with E-state index in [0.717, 1.165) is 11.3 Å². The van der Waals surface area contributed by atoms with Crippen molar-refractivity contribution >= 4 is 33.2 Å². The number of likely N-dealkylation sites (tertiary alicyclic amines) is 1. The first-order valence-electron chi connectivity index (χ1n) is 5.94. The molecule has 0 atom stereocenters. The monoisotopic (exact) mass is 318 g/mol. The highest BCUT2D eigenvalue weighted by Crippen LogP contribution is 2.17. The summed E-state index contributed by atoms with van der Waals surface area (Å²) in [5, 5.41) is 10.4. The molecule has 0 aromatic carbocycles. The first-order valence-corrected chi connectivity index (χ1v) is 8.30. The molecular formula is C11H14N2O5S2. The van der Waals surface area contributed by atoms with Crippen LogP contribution in [0.15, 0.2) is 21.7 Å². The third-order valence-corrected chi connectivity index (χ3v) is 5.83. The Hall–Kier alpha value is -1.45. The second-order valence-electron chi connectivity index (χ2n) is 4.41. The van der Waals surface area contributed by atoms with Crippen LogP contribution in [0.1, 0.15) is 6.42 Å². The number of rotatable bonds is 6. The first-order chi connectivity index (χ1) is 9.40. The average molecular weight is 318 g/mol. The van der Waals surface area contributed by atoms with Crippen molar-refractivity contribution in [3.63, 3.8) is 0 Å². The van der Waals surface area contributed by atoms with Crippen molar-refractivity contribution in [2.24, 2.45) is 5.92 Å². The predicted octanol–water partition coefficient (Wildman–Crippen LogP) is -0.0405. The fourth-order valence-corrected chi connectivity index (χ4v) is 3.85. The molecule has 0 radical (unpaired) electrons. The summed E-state index contributed by atoms with van der Waals surface area (Å²) in [6.45, 7) is 0.408. The van der Waals surface area contributed by atoms with Gasteiger partial charge in [0.05, 0.1) is 5.92 Å². The number of carboxylic acid groups (broad SMARTS) is 1. The van der Waals surface area contributed by atoms with Crippen molar-refractivity contribution in [3.05, 3.63) is 17.5 Å². The van der Waals surface area contributed by atoms with Crippen molar-refractivity contribution in [2.45, 2.75) is 10.6 Å². The van der Waals surface area contributed by atoms with E-state index in [-0.39, 0.29) is 36.2 Å². The van der Waals surface area contributed by atoms with E-state index >= 15 is 0 Å². The van der Waals surface area contributed by atoms with Crippen LogP contribution in [0.4, 0.5) is 0 Å². The number of amides is 1. The fourth-order valence-electron chi connectivity index (χ4n) is 1.78. The third-order valence-electron chi connectivity index (χ3n) is 2.97. The number of carboxylic acids is 1. The van der Waals surface area contributed by atoms with Crippen LogP contribution >= 0.6 is 11.3 Å². The van der Waals surface area contributed by atoms with Gasteiger partial charge in [-0.15, -0.1) is 11.3 Å². The molecule has 2 N–H and O–H groups in total. The molecule has 2 heterocycles. The molecule has 1 aromatic heterocycles.